The van der Waals surface area contributed by atoms with Gasteiger partial charge in [0.2, 0.25) is 5.91 Å². The molecule has 0 bridgehead atoms. The van der Waals surface area contributed by atoms with Crippen LogP contribution in [-0.2, 0) is 11.3 Å². The van der Waals surface area contributed by atoms with Crippen LogP contribution in [-0.4, -0.2) is 39.2 Å². The van der Waals surface area contributed by atoms with Gasteiger partial charge in [-0.1, -0.05) is 44.2 Å². The number of imidazole rings is 1. The lowest BCUT2D eigenvalue weighted by Crippen LogP contribution is -2.38. The van der Waals surface area contributed by atoms with E-state index in [1.54, 1.807) is 0 Å². The highest BCUT2D eigenvalue weighted by Crippen LogP contribution is 2.42. The molecule has 28 heavy (non-hydrogen) atoms. The molecule has 6 heteroatoms. The van der Waals surface area contributed by atoms with E-state index in [0.717, 1.165) is 17.1 Å². The molecular formula is C22H30N4O2. The number of hydrogen-bond acceptors (Lipinski definition) is 4. The number of rotatable bonds is 7. The minimum absolute atomic E-state index is 0.0370. The second-order valence-electron chi connectivity index (χ2n) is 8.49. The molecule has 2 aliphatic carbocycles. The van der Waals surface area contributed by atoms with Crippen molar-refractivity contribution in [3.05, 3.63) is 53.6 Å². The highest BCUT2D eigenvalue weighted by molar-refractivity contribution is 5.80. The summed E-state index contributed by atoms with van der Waals surface area (Å²) in [7, 11) is 0. The summed E-state index contributed by atoms with van der Waals surface area (Å²) >= 11 is 0. The van der Waals surface area contributed by atoms with Gasteiger partial charge in [0.15, 0.2) is 0 Å². The van der Waals surface area contributed by atoms with Gasteiger partial charge in [0, 0.05) is 42.4 Å². The van der Waals surface area contributed by atoms with Crippen LogP contribution in [0.5, 0.6) is 0 Å². The first-order valence-electron chi connectivity index (χ1n) is 10.3. The van der Waals surface area contributed by atoms with Crippen LogP contribution in [0.25, 0.3) is 0 Å². The molecule has 150 valence electrons. The van der Waals surface area contributed by atoms with Crippen LogP contribution in [0.2, 0.25) is 0 Å². The molecule has 0 radical (unpaired) electrons. The minimum Gasteiger partial charge on any atom is -0.392 e. The zero-order chi connectivity index (χ0) is 19.7. The maximum absolute atomic E-state index is 12.8. The van der Waals surface area contributed by atoms with Crippen LogP contribution in [0.3, 0.4) is 0 Å². The highest BCUT2D eigenvalue weighted by atomic mass is 16.3. The van der Waals surface area contributed by atoms with E-state index in [2.05, 4.69) is 34.4 Å². The third-order valence-corrected chi connectivity index (χ3v) is 5.85. The number of aliphatic hydroxyl groups is 1. The molecule has 6 nitrogen and oxygen atoms in total. The molecule has 4 atom stereocenters. The van der Waals surface area contributed by atoms with Crippen molar-refractivity contribution in [2.24, 2.45) is 5.92 Å². The van der Waals surface area contributed by atoms with Crippen molar-refractivity contribution in [1.82, 2.24) is 20.6 Å². The number of carbonyl (C=O) groups is 1. The fraction of sp³-hybridized carbons (Fsp3) is 0.545. The van der Waals surface area contributed by atoms with Gasteiger partial charge < -0.3 is 20.7 Å². The monoisotopic (exact) mass is 382 g/mol. The van der Waals surface area contributed by atoms with E-state index in [9.17, 15) is 9.90 Å². The molecule has 4 rings (SSSR count). The number of benzene rings is 1. The predicted octanol–water partition coefficient (Wildman–Crippen LogP) is 2.43. The fourth-order valence-corrected chi connectivity index (χ4v) is 4.31. The van der Waals surface area contributed by atoms with E-state index < -0.39 is 12.0 Å². The summed E-state index contributed by atoms with van der Waals surface area (Å²) in [5.74, 6) is 0.875. The summed E-state index contributed by atoms with van der Waals surface area (Å²) in [5, 5.41) is 17.6. The standard InChI is InChI=1S/C22H30N4O2/c1-13(2)25-17-10-16(22(28)24-11-14-6-4-3-5-7-14)20(27)19(17)18-12-23-21(26-18)15-8-9-15/h3-7,12-13,15-17,19-20,25,27H,8-11H2,1-2H3,(H,23,26)(H,24,28)/t16-,17+,19+,20+/m0/s1. The number of aromatic amines is 1. The predicted molar refractivity (Wildman–Crippen MR) is 108 cm³/mol. The quantitative estimate of drug-likeness (QED) is 0.592. The molecule has 1 aromatic carbocycles. The van der Waals surface area contributed by atoms with Crippen molar-refractivity contribution in [2.45, 2.75) is 69.7 Å². The number of nitrogens with one attached hydrogen (secondary N) is 3. The summed E-state index contributed by atoms with van der Waals surface area (Å²) in [6, 6.07) is 10.2. The normalized spacial score (nSPS) is 27.3. The summed E-state index contributed by atoms with van der Waals surface area (Å²) in [4.78, 5) is 20.8. The maximum Gasteiger partial charge on any atom is 0.226 e. The van der Waals surface area contributed by atoms with Gasteiger partial charge in [-0.15, -0.1) is 0 Å². The Hall–Kier alpha value is -2.18. The topological polar surface area (TPSA) is 90.0 Å². The van der Waals surface area contributed by atoms with Gasteiger partial charge in [0.25, 0.3) is 0 Å². The lowest BCUT2D eigenvalue weighted by Gasteiger charge is -2.24. The molecule has 2 saturated carbocycles. The molecule has 2 aromatic rings. The lowest BCUT2D eigenvalue weighted by atomic mass is 9.95. The van der Waals surface area contributed by atoms with E-state index in [0.29, 0.717) is 18.9 Å². The van der Waals surface area contributed by atoms with Gasteiger partial charge in [-0.3, -0.25) is 4.79 Å². The van der Waals surface area contributed by atoms with Crippen molar-refractivity contribution >= 4 is 5.91 Å². The molecule has 2 fully saturated rings. The number of hydrogen-bond donors (Lipinski definition) is 4. The molecular weight excluding hydrogens is 352 g/mol. The number of carbonyl (C=O) groups excluding carboxylic acids is 1. The SMILES string of the molecule is CC(C)N[C@@H]1C[C@H](C(=O)NCc2ccccc2)[C@@H](O)[C@H]1c1cnc(C2CC2)[nH]1. The fourth-order valence-electron chi connectivity index (χ4n) is 4.31. The van der Waals surface area contributed by atoms with Gasteiger partial charge in [0.05, 0.1) is 12.0 Å². The number of aromatic nitrogens is 2. The molecule has 4 N–H and O–H groups in total. The van der Waals surface area contributed by atoms with E-state index >= 15 is 0 Å². The number of H-pyrrole nitrogens is 1. The van der Waals surface area contributed by atoms with Crippen LogP contribution in [0.15, 0.2) is 36.5 Å². The molecule has 0 saturated heterocycles. The average Bonchev–Trinajstić information content (AvgIpc) is 3.33. The van der Waals surface area contributed by atoms with Crippen LogP contribution < -0.4 is 10.6 Å². The van der Waals surface area contributed by atoms with Crippen LogP contribution in [0.1, 0.15) is 62.0 Å². The Morgan fingerprint density at radius 2 is 2.04 bits per heavy atom. The molecule has 1 amide bonds. The first kappa shape index (κ1) is 19.2. The number of nitrogens with zero attached hydrogens (tertiary/aromatic N) is 1. The Labute approximate surface area is 166 Å². The van der Waals surface area contributed by atoms with E-state index in [-0.39, 0.29) is 23.9 Å². The Bertz CT molecular complexity index is 800. The van der Waals surface area contributed by atoms with E-state index in [4.69, 9.17) is 0 Å². The summed E-state index contributed by atoms with van der Waals surface area (Å²) < 4.78 is 0. The Balaban J connectivity index is 1.47. The smallest absolute Gasteiger partial charge is 0.226 e. The second kappa shape index (κ2) is 8.05. The number of aliphatic hydroxyl groups excluding tert-OH is 1. The van der Waals surface area contributed by atoms with E-state index in [1.165, 1.54) is 12.8 Å². The first-order valence-corrected chi connectivity index (χ1v) is 10.3. The highest BCUT2D eigenvalue weighted by Gasteiger charge is 2.47. The van der Waals surface area contributed by atoms with Crippen molar-refractivity contribution in [2.75, 3.05) is 0 Å². The average molecular weight is 383 g/mol. The largest absolute Gasteiger partial charge is 0.392 e. The van der Waals surface area contributed by atoms with Gasteiger partial charge in [-0.25, -0.2) is 4.98 Å². The van der Waals surface area contributed by atoms with Crippen molar-refractivity contribution in [3.8, 4) is 0 Å². The van der Waals surface area contributed by atoms with Crippen molar-refractivity contribution < 1.29 is 9.90 Å². The third kappa shape index (κ3) is 4.13. The van der Waals surface area contributed by atoms with E-state index in [1.807, 2.05) is 36.5 Å². The molecule has 1 aromatic heterocycles. The summed E-state index contributed by atoms with van der Waals surface area (Å²) in [6.45, 7) is 4.66. The van der Waals surface area contributed by atoms with Crippen LogP contribution >= 0.6 is 0 Å². The van der Waals surface area contributed by atoms with Gasteiger partial charge in [-0.05, 0) is 24.8 Å². The van der Waals surface area contributed by atoms with Gasteiger partial charge in [0.1, 0.15) is 5.82 Å². The first-order chi connectivity index (χ1) is 13.5. The zero-order valence-corrected chi connectivity index (χ0v) is 16.6. The molecule has 1 heterocycles. The zero-order valence-electron chi connectivity index (χ0n) is 16.6. The minimum atomic E-state index is -0.737. The van der Waals surface area contributed by atoms with Crippen molar-refractivity contribution in [3.63, 3.8) is 0 Å². The van der Waals surface area contributed by atoms with Gasteiger partial charge in [-0.2, -0.15) is 0 Å². The molecule has 0 spiro atoms. The van der Waals surface area contributed by atoms with Crippen LogP contribution in [0, 0.1) is 5.92 Å². The Kier molecular flexibility index (Phi) is 5.51. The summed E-state index contributed by atoms with van der Waals surface area (Å²) in [6.07, 6.45) is 4.08. The molecule has 0 aliphatic heterocycles. The van der Waals surface area contributed by atoms with Crippen molar-refractivity contribution in [1.29, 1.82) is 0 Å². The Morgan fingerprint density at radius 1 is 1.29 bits per heavy atom. The number of amides is 1. The summed E-state index contributed by atoms with van der Waals surface area (Å²) in [5.41, 5.74) is 1.99. The molecule has 0 unspecified atom stereocenters. The van der Waals surface area contributed by atoms with Crippen LogP contribution in [0.4, 0.5) is 0 Å². The maximum atomic E-state index is 12.8. The second-order valence-corrected chi connectivity index (χ2v) is 8.49. The third-order valence-electron chi connectivity index (χ3n) is 5.85. The Morgan fingerprint density at radius 3 is 2.71 bits per heavy atom. The molecule has 2 aliphatic rings. The lowest BCUT2D eigenvalue weighted by molar-refractivity contribution is -0.127. The van der Waals surface area contributed by atoms with Gasteiger partial charge >= 0.3 is 0 Å².